The van der Waals surface area contributed by atoms with E-state index in [4.69, 9.17) is 0 Å². The number of sulfonamides is 2. The molecule has 11 heteroatoms. The number of hydrogen-bond acceptors (Lipinski definition) is 6. The van der Waals surface area contributed by atoms with Crippen molar-refractivity contribution in [2.75, 3.05) is 51.6 Å². The maximum Gasteiger partial charge on any atom is 0.243 e. The second kappa shape index (κ2) is 10.4. The molecule has 2 aromatic rings. The summed E-state index contributed by atoms with van der Waals surface area (Å²) >= 11 is 0. The molecule has 0 aliphatic carbocycles. The number of anilines is 1. The number of piperidine rings is 1. The first kappa shape index (κ1) is 25.8. The largest absolute Gasteiger partial charge is 0.326 e. The molecule has 190 valence electrons. The fourth-order valence-electron chi connectivity index (χ4n) is 4.48. The summed E-state index contributed by atoms with van der Waals surface area (Å²) in [5.74, 6) is -0.842. The number of benzene rings is 2. The monoisotopic (exact) mass is 520 g/mol. The number of carbonyl (C=O) groups excluding carboxylic acids is 1. The highest BCUT2D eigenvalue weighted by Crippen LogP contribution is 2.27. The van der Waals surface area contributed by atoms with E-state index in [0.717, 1.165) is 0 Å². The lowest BCUT2D eigenvalue weighted by atomic mass is 9.98. The molecule has 1 atom stereocenters. The second-order valence-corrected chi connectivity index (χ2v) is 13.0. The van der Waals surface area contributed by atoms with Crippen molar-refractivity contribution in [3.63, 3.8) is 0 Å². The molecule has 2 aliphatic rings. The van der Waals surface area contributed by atoms with Crippen LogP contribution in [0.1, 0.15) is 18.4 Å². The van der Waals surface area contributed by atoms with E-state index in [-0.39, 0.29) is 22.2 Å². The van der Waals surface area contributed by atoms with E-state index >= 15 is 0 Å². The summed E-state index contributed by atoms with van der Waals surface area (Å²) in [5.41, 5.74) is 0.996. The zero-order valence-electron chi connectivity index (χ0n) is 20.1. The molecule has 0 saturated carbocycles. The predicted molar refractivity (Wildman–Crippen MR) is 134 cm³/mol. The van der Waals surface area contributed by atoms with Crippen molar-refractivity contribution in [1.29, 1.82) is 0 Å². The third kappa shape index (κ3) is 5.59. The van der Waals surface area contributed by atoms with Crippen molar-refractivity contribution in [2.45, 2.75) is 29.6 Å². The third-order valence-electron chi connectivity index (χ3n) is 6.67. The van der Waals surface area contributed by atoms with Crippen LogP contribution in [0.4, 0.5) is 5.69 Å². The topological polar surface area (TPSA) is 107 Å². The Morgan fingerprint density at radius 3 is 2.26 bits per heavy atom. The molecule has 0 bridgehead atoms. The van der Waals surface area contributed by atoms with Gasteiger partial charge in [-0.25, -0.2) is 16.8 Å². The van der Waals surface area contributed by atoms with E-state index < -0.39 is 26.0 Å². The Bertz CT molecular complexity index is 1270. The average Bonchev–Trinajstić information content (AvgIpc) is 2.86. The molecule has 2 aromatic carbocycles. The highest BCUT2D eigenvalue weighted by Gasteiger charge is 2.34. The van der Waals surface area contributed by atoms with Gasteiger partial charge in [-0.2, -0.15) is 8.61 Å². The van der Waals surface area contributed by atoms with E-state index in [2.05, 4.69) is 10.2 Å². The number of nitrogens with zero attached hydrogens (tertiary/aromatic N) is 3. The van der Waals surface area contributed by atoms with Gasteiger partial charge in [0.15, 0.2) is 0 Å². The van der Waals surface area contributed by atoms with Gasteiger partial charge in [0.25, 0.3) is 0 Å². The molecule has 2 heterocycles. The molecule has 0 aromatic heterocycles. The fraction of sp³-hybridized carbons (Fsp3) is 0.458. The number of nitrogens with one attached hydrogen (secondary N) is 1. The number of rotatable bonds is 6. The Kier molecular flexibility index (Phi) is 7.62. The van der Waals surface area contributed by atoms with Gasteiger partial charge in [-0.15, -0.1) is 0 Å². The van der Waals surface area contributed by atoms with Crippen molar-refractivity contribution < 1.29 is 21.6 Å². The van der Waals surface area contributed by atoms with Gasteiger partial charge in [-0.05, 0) is 56.6 Å². The Labute approximate surface area is 207 Å². The maximum absolute atomic E-state index is 13.3. The lowest BCUT2D eigenvalue weighted by Crippen LogP contribution is -2.47. The van der Waals surface area contributed by atoms with Crippen molar-refractivity contribution in [3.8, 4) is 0 Å². The number of amides is 1. The Balaban J connectivity index is 1.48. The summed E-state index contributed by atoms with van der Waals surface area (Å²) in [5, 5.41) is 2.82. The number of aryl methyl sites for hydroxylation is 1. The van der Waals surface area contributed by atoms with Crippen molar-refractivity contribution in [2.24, 2.45) is 5.92 Å². The normalized spacial score (nSPS) is 21.0. The molecule has 0 radical (unpaired) electrons. The number of hydrogen-bond donors (Lipinski definition) is 1. The molecule has 2 aliphatic heterocycles. The molecular weight excluding hydrogens is 488 g/mol. The predicted octanol–water partition coefficient (Wildman–Crippen LogP) is 1.97. The summed E-state index contributed by atoms with van der Waals surface area (Å²) in [6.45, 7) is 4.35. The van der Waals surface area contributed by atoms with Gasteiger partial charge in [0, 0.05) is 45.0 Å². The third-order valence-corrected chi connectivity index (χ3v) is 10.6. The minimum absolute atomic E-state index is 0.0847. The van der Waals surface area contributed by atoms with E-state index in [1.165, 1.54) is 14.7 Å². The van der Waals surface area contributed by atoms with Crippen LogP contribution in [0.3, 0.4) is 0 Å². The van der Waals surface area contributed by atoms with Crippen LogP contribution in [0.15, 0.2) is 58.3 Å². The summed E-state index contributed by atoms with van der Waals surface area (Å²) in [7, 11) is -5.41. The number of likely N-dealkylation sites (N-methyl/N-ethyl adjacent to an activating group) is 1. The van der Waals surface area contributed by atoms with E-state index in [1.54, 1.807) is 49.4 Å². The van der Waals surface area contributed by atoms with Gasteiger partial charge in [-0.3, -0.25) is 4.79 Å². The summed E-state index contributed by atoms with van der Waals surface area (Å²) in [6.07, 6.45) is 1.13. The number of carbonyl (C=O) groups is 1. The Morgan fingerprint density at radius 2 is 1.57 bits per heavy atom. The lowest BCUT2D eigenvalue weighted by Gasteiger charge is -2.32. The highest BCUT2D eigenvalue weighted by atomic mass is 32.2. The SMILES string of the molecule is Cc1ccc(NC(=O)C2CCCN(S(=O)(=O)c3ccccc3)C2)cc1S(=O)(=O)N1CCN(C)CC1. The molecule has 1 unspecified atom stereocenters. The van der Waals surface area contributed by atoms with Gasteiger partial charge < -0.3 is 10.2 Å². The van der Waals surface area contributed by atoms with Crippen LogP contribution in [-0.4, -0.2) is 82.6 Å². The maximum atomic E-state index is 13.3. The molecule has 35 heavy (non-hydrogen) atoms. The zero-order chi connectivity index (χ0) is 25.2. The van der Waals surface area contributed by atoms with Gasteiger partial charge in [-0.1, -0.05) is 24.3 Å². The Hall–Kier alpha value is -2.31. The van der Waals surface area contributed by atoms with Crippen LogP contribution < -0.4 is 5.32 Å². The van der Waals surface area contributed by atoms with Gasteiger partial charge in [0.2, 0.25) is 26.0 Å². The number of piperazine rings is 1. The van der Waals surface area contributed by atoms with Gasteiger partial charge in [0.05, 0.1) is 15.7 Å². The molecule has 1 amide bonds. The minimum atomic E-state index is -3.69. The smallest absolute Gasteiger partial charge is 0.243 e. The second-order valence-electron chi connectivity index (χ2n) is 9.19. The van der Waals surface area contributed by atoms with Crippen LogP contribution in [0.25, 0.3) is 0 Å². The molecule has 2 fully saturated rings. The van der Waals surface area contributed by atoms with Crippen LogP contribution in [0.2, 0.25) is 0 Å². The first-order valence-corrected chi connectivity index (χ1v) is 14.6. The quantitative estimate of drug-likeness (QED) is 0.624. The average molecular weight is 521 g/mol. The van der Waals surface area contributed by atoms with Crippen LogP contribution in [0.5, 0.6) is 0 Å². The molecule has 4 rings (SSSR count). The molecule has 9 nitrogen and oxygen atoms in total. The fourth-order valence-corrected chi connectivity index (χ4v) is 7.70. The summed E-state index contributed by atoms with van der Waals surface area (Å²) < 4.78 is 55.4. The Morgan fingerprint density at radius 1 is 0.886 bits per heavy atom. The van der Waals surface area contributed by atoms with Crippen LogP contribution in [0, 0.1) is 12.8 Å². The van der Waals surface area contributed by atoms with Crippen LogP contribution in [-0.2, 0) is 24.8 Å². The van der Waals surface area contributed by atoms with Gasteiger partial charge in [0.1, 0.15) is 0 Å². The molecule has 1 N–H and O–H groups in total. The minimum Gasteiger partial charge on any atom is -0.326 e. The first-order valence-electron chi connectivity index (χ1n) is 11.7. The van der Waals surface area contributed by atoms with Gasteiger partial charge >= 0.3 is 0 Å². The van der Waals surface area contributed by atoms with E-state index in [9.17, 15) is 21.6 Å². The molecule has 0 spiro atoms. The van der Waals surface area contributed by atoms with E-state index in [1.807, 2.05) is 7.05 Å². The van der Waals surface area contributed by atoms with Crippen LogP contribution >= 0.6 is 0 Å². The zero-order valence-corrected chi connectivity index (χ0v) is 21.7. The first-order chi connectivity index (χ1) is 16.6. The standard InChI is InChI=1S/C24H32N4O5S2/c1-19-10-11-21(17-23(19)35(32,33)27-15-13-26(2)14-16-27)25-24(29)20-7-6-12-28(18-20)34(30,31)22-8-4-3-5-9-22/h3-5,8-11,17,20H,6-7,12-16,18H2,1-2H3,(H,25,29). The summed E-state index contributed by atoms with van der Waals surface area (Å²) in [6, 6.07) is 13.1. The van der Waals surface area contributed by atoms with E-state index in [0.29, 0.717) is 56.8 Å². The van der Waals surface area contributed by atoms with Crippen molar-refractivity contribution in [3.05, 3.63) is 54.1 Å². The highest BCUT2D eigenvalue weighted by molar-refractivity contribution is 7.89. The molecule has 2 saturated heterocycles. The lowest BCUT2D eigenvalue weighted by molar-refractivity contribution is -0.120. The van der Waals surface area contributed by atoms with Crippen molar-refractivity contribution in [1.82, 2.24) is 13.5 Å². The summed E-state index contributed by atoms with van der Waals surface area (Å²) in [4.78, 5) is 15.5. The molecular formula is C24H32N4O5S2. The van der Waals surface area contributed by atoms with Crippen molar-refractivity contribution >= 4 is 31.6 Å².